The Hall–Kier alpha value is -0.0200. The lowest BCUT2D eigenvalue weighted by atomic mass is 10.1. The van der Waals surface area contributed by atoms with Crippen LogP contribution in [0.25, 0.3) is 0 Å². The second-order valence-corrected chi connectivity index (χ2v) is 7.11. The summed E-state index contributed by atoms with van der Waals surface area (Å²) in [7, 11) is 0. The summed E-state index contributed by atoms with van der Waals surface area (Å²) in [5, 5.41) is 8.68. The van der Waals surface area contributed by atoms with Crippen molar-refractivity contribution in [2.24, 2.45) is 10.9 Å². The fourth-order valence-corrected chi connectivity index (χ4v) is 3.15. The van der Waals surface area contributed by atoms with Gasteiger partial charge in [0.2, 0.25) is 0 Å². The highest BCUT2D eigenvalue weighted by atomic mass is 127. The summed E-state index contributed by atoms with van der Waals surface area (Å²) in [6.45, 7) is 9.31. The molecular formula is C14H27IN4S2. The first-order chi connectivity index (χ1) is 9.72. The van der Waals surface area contributed by atoms with Crippen LogP contribution in [0.1, 0.15) is 33.6 Å². The largest absolute Gasteiger partial charge is 0.357 e. The lowest BCUT2D eigenvalue weighted by Gasteiger charge is -2.12. The third-order valence-electron chi connectivity index (χ3n) is 2.57. The van der Waals surface area contributed by atoms with Crippen molar-refractivity contribution in [1.82, 2.24) is 15.6 Å². The molecular weight excluding hydrogens is 415 g/mol. The molecule has 0 atom stereocenters. The van der Waals surface area contributed by atoms with E-state index in [1.165, 1.54) is 6.42 Å². The summed E-state index contributed by atoms with van der Waals surface area (Å²) in [5.41, 5.74) is 0. The number of hydrogen-bond donors (Lipinski definition) is 2. The van der Waals surface area contributed by atoms with Crippen LogP contribution in [0.15, 0.2) is 20.9 Å². The average molecular weight is 442 g/mol. The van der Waals surface area contributed by atoms with Gasteiger partial charge >= 0.3 is 0 Å². The van der Waals surface area contributed by atoms with E-state index in [9.17, 15) is 0 Å². The molecule has 0 aliphatic heterocycles. The van der Waals surface area contributed by atoms with Crippen molar-refractivity contribution in [3.05, 3.63) is 11.6 Å². The molecule has 0 aliphatic rings. The Bertz CT molecular complexity index is 369. The summed E-state index contributed by atoms with van der Waals surface area (Å²) >= 11 is 3.51. The minimum absolute atomic E-state index is 0. The van der Waals surface area contributed by atoms with Crippen molar-refractivity contribution in [3.8, 4) is 0 Å². The van der Waals surface area contributed by atoms with Gasteiger partial charge in [-0.3, -0.25) is 4.99 Å². The van der Waals surface area contributed by atoms with Gasteiger partial charge in [-0.2, -0.15) is 0 Å². The van der Waals surface area contributed by atoms with Crippen LogP contribution in [-0.4, -0.2) is 36.3 Å². The molecule has 1 heterocycles. The van der Waals surface area contributed by atoms with Crippen LogP contribution < -0.4 is 10.6 Å². The number of aliphatic imine (C=N–C) groups is 1. The molecule has 0 aliphatic carbocycles. The third kappa shape index (κ3) is 11.2. The monoisotopic (exact) mass is 442 g/mol. The van der Waals surface area contributed by atoms with Crippen molar-refractivity contribution >= 4 is 53.0 Å². The Balaban J connectivity index is 0.00000400. The van der Waals surface area contributed by atoms with Gasteiger partial charge in [0, 0.05) is 37.0 Å². The fraction of sp³-hybridized carbons (Fsp3) is 0.714. The highest BCUT2D eigenvalue weighted by molar-refractivity contribution is 14.0. The molecule has 21 heavy (non-hydrogen) atoms. The molecule has 0 aromatic carbocycles. The molecule has 0 fully saturated rings. The highest BCUT2D eigenvalue weighted by Gasteiger charge is 1.99. The molecule has 1 aromatic heterocycles. The molecule has 7 heteroatoms. The van der Waals surface area contributed by atoms with Crippen LogP contribution >= 0.6 is 47.1 Å². The quantitative estimate of drug-likeness (QED) is 0.201. The summed E-state index contributed by atoms with van der Waals surface area (Å²) in [5.74, 6) is 2.73. The number of halogens is 1. The molecule has 0 unspecified atom stereocenters. The van der Waals surface area contributed by atoms with E-state index in [1.807, 2.05) is 23.3 Å². The predicted molar refractivity (Wildman–Crippen MR) is 106 cm³/mol. The van der Waals surface area contributed by atoms with Crippen molar-refractivity contribution in [3.63, 3.8) is 0 Å². The maximum Gasteiger partial charge on any atom is 0.191 e. The lowest BCUT2D eigenvalue weighted by molar-refractivity contribution is 0.573. The smallest absolute Gasteiger partial charge is 0.191 e. The van der Waals surface area contributed by atoms with Crippen LogP contribution in [0.2, 0.25) is 0 Å². The van der Waals surface area contributed by atoms with Gasteiger partial charge in [-0.25, -0.2) is 4.98 Å². The molecule has 2 N–H and O–H groups in total. The molecule has 122 valence electrons. The van der Waals surface area contributed by atoms with E-state index in [4.69, 9.17) is 0 Å². The van der Waals surface area contributed by atoms with Gasteiger partial charge in [0.1, 0.15) is 4.34 Å². The molecule has 0 saturated heterocycles. The summed E-state index contributed by atoms with van der Waals surface area (Å²) in [6, 6.07) is 0. The lowest BCUT2D eigenvalue weighted by Crippen LogP contribution is -2.38. The first-order valence-electron chi connectivity index (χ1n) is 7.26. The predicted octanol–water partition coefficient (Wildman–Crippen LogP) is 3.84. The summed E-state index contributed by atoms with van der Waals surface area (Å²) in [4.78, 5) is 8.85. The zero-order chi connectivity index (χ0) is 14.6. The fourth-order valence-electron chi connectivity index (χ4n) is 1.52. The van der Waals surface area contributed by atoms with E-state index >= 15 is 0 Å². The van der Waals surface area contributed by atoms with Crippen molar-refractivity contribution in [2.45, 2.75) is 38.0 Å². The van der Waals surface area contributed by atoms with E-state index in [0.29, 0.717) is 0 Å². The molecule has 0 radical (unpaired) electrons. The van der Waals surface area contributed by atoms with Gasteiger partial charge in [-0.1, -0.05) is 25.6 Å². The Kier molecular flexibility index (Phi) is 13.6. The number of nitrogens with zero attached hydrogens (tertiary/aromatic N) is 2. The molecule has 1 aromatic rings. The van der Waals surface area contributed by atoms with Crippen molar-refractivity contribution < 1.29 is 0 Å². The van der Waals surface area contributed by atoms with E-state index in [1.54, 1.807) is 11.3 Å². The zero-order valence-electron chi connectivity index (χ0n) is 13.1. The number of thiazole rings is 1. The van der Waals surface area contributed by atoms with Crippen LogP contribution in [0.4, 0.5) is 0 Å². The second kappa shape index (κ2) is 13.6. The van der Waals surface area contributed by atoms with Gasteiger partial charge in [0.25, 0.3) is 0 Å². The zero-order valence-corrected chi connectivity index (χ0v) is 17.1. The van der Waals surface area contributed by atoms with Gasteiger partial charge in [0.05, 0.1) is 0 Å². The summed E-state index contributed by atoms with van der Waals surface area (Å²) < 4.78 is 1.15. The van der Waals surface area contributed by atoms with E-state index in [-0.39, 0.29) is 24.0 Å². The maximum absolute atomic E-state index is 4.59. The van der Waals surface area contributed by atoms with Gasteiger partial charge in [0.15, 0.2) is 5.96 Å². The molecule has 4 nitrogen and oxygen atoms in total. The minimum Gasteiger partial charge on any atom is -0.357 e. The Morgan fingerprint density at radius 3 is 2.86 bits per heavy atom. The van der Waals surface area contributed by atoms with E-state index < -0.39 is 0 Å². The first kappa shape index (κ1) is 21.0. The SMILES string of the molecule is CCNC(=NCCCSc1nccs1)NCCC(C)C.I. The number of nitrogens with one attached hydrogen (secondary N) is 2. The molecule has 0 spiro atoms. The Labute approximate surface area is 154 Å². The number of hydrogen-bond acceptors (Lipinski definition) is 4. The van der Waals surface area contributed by atoms with Crippen LogP contribution in [-0.2, 0) is 0 Å². The van der Waals surface area contributed by atoms with Gasteiger partial charge in [-0.15, -0.1) is 35.3 Å². The van der Waals surface area contributed by atoms with Crippen LogP contribution in [0, 0.1) is 5.92 Å². The van der Waals surface area contributed by atoms with Gasteiger partial charge in [-0.05, 0) is 25.7 Å². The normalized spacial score (nSPS) is 11.3. The van der Waals surface area contributed by atoms with Gasteiger partial charge < -0.3 is 10.6 Å². The highest BCUT2D eigenvalue weighted by Crippen LogP contribution is 2.20. The number of guanidine groups is 1. The summed E-state index contributed by atoms with van der Waals surface area (Å²) in [6.07, 6.45) is 4.10. The topological polar surface area (TPSA) is 49.3 Å². The molecule has 1 rings (SSSR count). The number of rotatable bonds is 9. The second-order valence-electron chi connectivity index (χ2n) is 4.87. The number of thioether (sulfide) groups is 1. The first-order valence-corrected chi connectivity index (χ1v) is 9.13. The van der Waals surface area contributed by atoms with E-state index in [2.05, 4.69) is 41.4 Å². The molecule has 0 saturated carbocycles. The minimum atomic E-state index is 0. The molecule has 0 amide bonds. The maximum atomic E-state index is 4.59. The van der Waals surface area contributed by atoms with Crippen LogP contribution in [0.5, 0.6) is 0 Å². The van der Waals surface area contributed by atoms with E-state index in [0.717, 1.165) is 48.0 Å². The van der Waals surface area contributed by atoms with Crippen LogP contribution in [0.3, 0.4) is 0 Å². The Morgan fingerprint density at radius 2 is 2.24 bits per heavy atom. The average Bonchev–Trinajstić information content (AvgIpc) is 2.91. The van der Waals surface area contributed by atoms with Crippen molar-refractivity contribution in [1.29, 1.82) is 0 Å². The molecule has 0 bridgehead atoms. The third-order valence-corrected chi connectivity index (χ3v) is 4.62. The standard InChI is InChI=1S/C14H26N4S2.HI/c1-4-15-13(17-8-6-12(2)3)16-7-5-10-19-14-18-9-11-20-14;/h9,11-12H,4-8,10H2,1-3H3,(H2,15,16,17);1H. The number of aromatic nitrogens is 1. The van der Waals surface area contributed by atoms with Crippen molar-refractivity contribution in [2.75, 3.05) is 25.4 Å². The Morgan fingerprint density at radius 1 is 1.43 bits per heavy atom.